The van der Waals surface area contributed by atoms with Crippen LogP contribution in [0.3, 0.4) is 0 Å². The number of aromatic carboxylic acids is 1. The van der Waals surface area contributed by atoms with Crippen molar-refractivity contribution in [2.24, 2.45) is 0 Å². The number of nitrogens with zero attached hydrogens (tertiary/aromatic N) is 5. The van der Waals surface area contributed by atoms with Gasteiger partial charge in [-0.15, -0.1) is 0 Å². The Bertz CT molecular complexity index is 865. The summed E-state index contributed by atoms with van der Waals surface area (Å²) in [5.41, 5.74) is 3.47. The Morgan fingerprint density at radius 2 is 2.15 bits per heavy atom. The molecule has 3 heterocycles. The first kappa shape index (κ1) is 17.9. The molecule has 0 amide bonds. The Morgan fingerprint density at radius 1 is 1.30 bits per heavy atom. The molecular weight excluding hydrogens is 342 g/mol. The molecule has 1 spiro atoms. The fourth-order valence-electron chi connectivity index (χ4n) is 4.42. The Morgan fingerprint density at radius 3 is 2.93 bits per heavy atom. The standard InChI is InChI=1S/C20H25N5O2/c1-24(2)19-21-11-14-7-9-20(17(14)23-19)8-4-10-25(13-20)12-15-5-3-6-16(22-15)18(26)27/h3,5-6,11H,4,7-10,12-13H2,1-2H3,(H,26,27). The molecule has 1 atom stereocenters. The maximum absolute atomic E-state index is 11.2. The predicted molar refractivity (Wildman–Crippen MR) is 102 cm³/mol. The van der Waals surface area contributed by atoms with Gasteiger partial charge in [0.05, 0.1) is 11.4 Å². The van der Waals surface area contributed by atoms with Gasteiger partial charge in [-0.25, -0.2) is 19.7 Å². The second-order valence-corrected chi connectivity index (χ2v) is 7.85. The molecule has 0 radical (unpaired) electrons. The highest BCUT2D eigenvalue weighted by molar-refractivity contribution is 5.85. The summed E-state index contributed by atoms with van der Waals surface area (Å²) in [5.74, 6) is -0.215. The maximum atomic E-state index is 11.2. The van der Waals surface area contributed by atoms with E-state index < -0.39 is 5.97 Å². The lowest BCUT2D eigenvalue weighted by molar-refractivity contribution is 0.0689. The molecule has 1 unspecified atom stereocenters. The normalized spacial score (nSPS) is 22.0. The molecule has 142 valence electrons. The van der Waals surface area contributed by atoms with Crippen LogP contribution in [0.15, 0.2) is 24.4 Å². The molecule has 2 aromatic rings. The van der Waals surface area contributed by atoms with Crippen molar-refractivity contribution in [1.82, 2.24) is 19.9 Å². The number of carboxylic acid groups (broad SMARTS) is 1. The zero-order valence-electron chi connectivity index (χ0n) is 15.9. The molecule has 1 saturated heterocycles. The van der Waals surface area contributed by atoms with E-state index in [0.29, 0.717) is 6.54 Å². The average Bonchev–Trinajstić information content (AvgIpc) is 2.99. The third kappa shape index (κ3) is 3.39. The predicted octanol–water partition coefficient (Wildman–Crippen LogP) is 2.12. The van der Waals surface area contributed by atoms with Crippen LogP contribution in [0.25, 0.3) is 0 Å². The van der Waals surface area contributed by atoms with Gasteiger partial charge in [-0.05, 0) is 49.9 Å². The molecule has 27 heavy (non-hydrogen) atoms. The van der Waals surface area contributed by atoms with Crippen molar-refractivity contribution in [3.8, 4) is 0 Å². The first-order valence-electron chi connectivity index (χ1n) is 9.42. The second-order valence-electron chi connectivity index (χ2n) is 7.85. The van der Waals surface area contributed by atoms with E-state index in [9.17, 15) is 4.79 Å². The zero-order valence-corrected chi connectivity index (χ0v) is 15.9. The summed E-state index contributed by atoms with van der Waals surface area (Å²) in [7, 11) is 3.94. The van der Waals surface area contributed by atoms with Crippen LogP contribution in [0.2, 0.25) is 0 Å². The minimum Gasteiger partial charge on any atom is -0.477 e. The molecular formula is C20H25N5O2. The molecule has 2 aromatic heterocycles. The van der Waals surface area contributed by atoms with Crippen LogP contribution in [-0.4, -0.2) is 58.1 Å². The van der Waals surface area contributed by atoms with Gasteiger partial charge in [0.2, 0.25) is 5.95 Å². The molecule has 4 rings (SSSR count). The van der Waals surface area contributed by atoms with E-state index in [2.05, 4.69) is 14.9 Å². The van der Waals surface area contributed by atoms with E-state index in [4.69, 9.17) is 10.1 Å². The van der Waals surface area contributed by atoms with E-state index in [1.54, 1.807) is 6.07 Å². The number of carboxylic acids is 1. The number of piperidine rings is 1. The minimum atomic E-state index is -0.982. The summed E-state index contributed by atoms with van der Waals surface area (Å²) in [6.45, 7) is 2.61. The van der Waals surface area contributed by atoms with Crippen LogP contribution in [0, 0.1) is 0 Å². The van der Waals surface area contributed by atoms with Crippen LogP contribution in [-0.2, 0) is 18.4 Å². The van der Waals surface area contributed by atoms with Crippen molar-refractivity contribution >= 4 is 11.9 Å². The van der Waals surface area contributed by atoms with Gasteiger partial charge in [-0.3, -0.25) is 4.90 Å². The summed E-state index contributed by atoms with van der Waals surface area (Å²) < 4.78 is 0. The van der Waals surface area contributed by atoms with Crippen LogP contribution >= 0.6 is 0 Å². The SMILES string of the molecule is CN(C)c1ncc2c(n1)C1(CCCN(Cc3cccc(C(=O)O)n3)C1)CC2. The van der Waals surface area contributed by atoms with Crippen molar-refractivity contribution in [3.05, 3.63) is 47.0 Å². The zero-order chi connectivity index (χ0) is 19.0. The molecule has 1 aliphatic heterocycles. The fourth-order valence-corrected chi connectivity index (χ4v) is 4.42. The van der Waals surface area contributed by atoms with Gasteiger partial charge in [0.25, 0.3) is 0 Å². The molecule has 2 aliphatic rings. The number of anilines is 1. The third-order valence-electron chi connectivity index (χ3n) is 5.69. The monoisotopic (exact) mass is 367 g/mol. The van der Waals surface area contributed by atoms with Crippen LogP contribution < -0.4 is 4.90 Å². The molecule has 0 aromatic carbocycles. The lowest BCUT2D eigenvalue weighted by atomic mass is 9.77. The number of pyridine rings is 1. The number of hydrogen-bond acceptors (Lipinski definition) is 6. The van der Waals surface area contributed by atoms with Gasteiger partial charge in [-0.1, -0.05) is 6.07 Å². The van der Waals surface area contributed by atoms with Gasteiger partial charge in [0, 0.05) is 38.8 Å². The quantitative estimate of drug-likeness (QED) is 0.886. The summed E-state index contributed by atoms with van der Waals surface area (Å²) in [6.07, 6.45) is 6.38. The Kier molecular flexibility index (Phi) is 4.55. The Labute approximate surface area is 159 Å². The van der Waals surface area contributed by atoms with Crippen molar-refractivity contribution in [2.45, 2.75) is 37.6 Å². The third-order valence-corrected chi connectivity index (χ3v) is 5.69. The van der Waals surface area contributed by atoms with Crippen LogP contribution in [0.5, 0.6) is 0 Å². The number of rotatable bonds is 4. The summed E-state index contributed by atoms with van der Waals surface area (Å²) in [6, 6.07) is 5.21. The summed E-state index contributed by atoms with van der Waals surface area (Å²) >= 11 is 0. The molecule has 0 bridgehead atoms. The number of aromatic nitrogens is 3. The van der Waals surface area contributed by atoms with Gasteiger partial charge < -0.3 is 10.0 Å². The van der Waals surface area contributed by atoms with E-state index in [-0.39, 0.29) is 11.1 Å². The average molecular weight is 367 g/mol. The summed E-state index contributed by atoms with van der Waals surface area (Å²) in [4.78, 5) is 29.2. The van der Waals surface area contributed by atoms with Gasteiger partial charge in [-0.2, -0.15) is 0 Å². The number of aryl methyl sites for hydroxylation is 1. The van der Waals surface area contributed by atoms with E-state index in [0.717, 1.165) is 50.4 Å². The fraction of sp³-hybridized carbons (Fsp3) is 0.500. The summed E-state index contributed by atoms with van der Waals surface area (Å²) in [5, 5.41) is 9.17. The first-order valence-corrected chi connectivity index (χ1v) is 9.42. The van der Waals surface area contributed by atoms with Gasteiger partial charge in [0.15, 0.2) is 0 Å². The van der Waals surface area contributed by atoms with Gasteiger partial charge in [0.1, 0.15) is 5.69 Å². The first-order chi connectivity index (χ1) is 13.0. The lowest BCUT2D eigenvalue weighted by Gasteiger charge is -2.40. The van der Waals surface area contributed by atoms with E-state index in [1.807, 2.05) is 31.3 Å². The second kappa shape index (κ2) is 6.88. The number of fused-ring (bicyclic) bond motifs is 2. The highest BCUT2D eigenvalue weighted by Gasteiger charge is 2.43. The number of likely N-dealkylation sites (tertiary alicyclic amines) is 1. The molecule has 1 N–H and O–H groups in total. The smallest absolute Gasteiger partial charge is 0.354 e. The molecule has 1 fully saturated rings. The number of hydrogen-bond donors (Lipinski definition) is 1. The topological polar surface area (TPSA) is 82.5 Å². The van der Waals surface area contributed by atoms with Crippen LogP contribution in [0.4, 0.5) is 5.95 Å². The van der Waals surface area contributed by atoms with Crippen molar-refractivity contribution in [1.29, 1.82) is 0 Å². The Balaban J connectivity index is 1.57. The van der Waals surface area contributed by atoms with Crippen molar-refractivity contribution in [2.75, 3.05) is 32.1 Å². The largest absolute Gasteiger partial charge is 0.477 e. The number of carbonyl (C=O) groups is 1. The maximum Gasteiger partial charge on any atom is 0.354 e. The molecule has 7 heteroatoms. The van der Waals surface area contributed by atoms with Crippen molar-refractivity contribution < 1.29 is 9.90 Å². The van der Waals surface area contributed by atoms with E-state index in [1.165, 1.54) is 17.3 Å². The molecule has 0 saturated carbocycles. The van der Waals surface area contributed by atoms with E-state index >= 15 is 0 Å². The lowest BCUT2D eigenvalue weighted by Crippen LogP contribution is -2.45. The highest BCUT2D eigenvalue weighted by Crippen LogP contribution is 2.44. The Hall–Kier alpha value is -2.54. The van der Waals surface area contributed by atoms with Crippen molar-refractivity contribution in [3.63, 3.8) is 0 Å². The van der Waals surface area contributed by atoms with Crippen LogP contribution in [0.1, 0.15) is 46.7 Å². The molecule has 7 nitrogen and oxygen atoms in total. The molecule has 1 aliphatic carbocycles. The highest BCUT2D eigenvalue weighted by atomic mass is 16.4. The minimum absolute atomic E-state index is 0.0751. The van der Waals surface area contributed by atoms with Gasteiger partial charge >= 0.3 is 5.97 Å².